The van der Waals surface area contributed by atoms with Crippen LogP contribution in [-0.4, -0.2) is 55.5 Å². The topological polar surface area (TPSA) is 92.5 Å². The van der Waals surface area contributed by atoms with Crippen LogP contribution in [0.5, 0.6) is 0 Å². The van der Waals surface area contributed by atoms with E-state index in [2.05, 4.69) is 4.98 Å². The Kier molecular flexibility index (Phi) is 5.61. The summed E-state index contributed by atoms with van der Waals surface area (Å²) < 4.78 is 1.45. The van der Waals surface area contributed by atoms with Crippen LogP contribution in [0.2, 0.25) is 0 Å². The maximum Gasteiger partial charge on any atom is 0.305 e. The van der Waals surface area contributed by atoms with Gasteiger partial charge in [0.05, 0.1) is 29.7 Å². The molecule has 138 valence electrons. The van der Waals surface area contributed by atoms with Gasteiger partial charge in [-0.05, 0) is 18.6 Å². The van der Waals surface area contributed by atoms with Gasteiger partial charge in [0, 0.05) is 31.0 Å². The molecule has 7 nitrogen and oxygen atoms in total. The molecule has 1 saturated heterocycles. The number of benzene rings is 1. The Balaban J connectivity index is 1.73. The van der Waals surface area contributed by atoms with E-state index < -0.39 is 5.97 Å². The van der Waals surface area contributed by atoms with Gasteiger partial charge in [-0.1, -0.05) is 12.1 Å². The van der Waals surface area contributed by atoms with Crippen LogP contribution in [0.25, 0.3) is 10.9 Å². The highest BCUT2D eigenvalue weighted by molar-refractivity contribution is 7.99. The summed E-state index contributed by atoms with van der Waals surface area (Å²) in [5.74, 6) is 0.418. The summed E-state index contributed by atoms with van der Waals surface area (Å²) in [7, 11) is 0. The summed E-state index contributed by atoms with van der Waals surface area (Å²) in [6.45, 7) is 2.68. The molecule has 0 aliphatic carbocycles. The number of aliphatic carboxylic acids is 1. The third kappa shape index (κ3) is 3.90. The Hall–Kier alpha value is -2.35. The van der Waals surface area contributed by atoms with Gasteiger partial charge in [-0.3, -0.25) is 19.0 Å². The van der Waals surface area contributed by atoms with E-state index in [9.17, 15) is 14.4 Å². The molecule has 1 atom stereocenters. The molecule has 0 saturated carbocycles. The van der Waals surface area contributed by atoms with Gasteiger partial charge in [-0.25, -0.2) is 4.98 Å². The largest absolute Gasteiger partial charge is 0.481 e. The summed E-state index contributed by atoms with van der Waals surface area (Å²) in [4.78, 5) is 42.2. The number of carboxylic acid groups (broad SMARTS) is 1. The number of aromatic nitrogens is 2. The van der Waals surface area contributed by atoms with Gasteiger partial charge in [0.1, 0.15) is 0 Å². The molecule has 1 aromatic carbocycles. The SMILES string of the molecule is Cc1cccc2c(=O)n(CCC(=O)N3CCSCC3CC(=O)O)cnc12. The van der Waals surface area contributed by atoms with Crippen molar-refractivity contribution in [2.45, 2.75) is 32.4 Å². The second-order valence-corrected chi connectivity index (χ2v) is 7.53. The van der Waals surface area contributed by atoms with Crippen LogP contribution >= 0.6 is 11.8 Å². The van der Waals surface area contributed by atoms with Crippen molar-refractivity contribution in [1.82, 2.24) is 14.5 Å². The predicted molar refractivity (Wildman–Crippen MR) is 100 cm³/mol. The average molecular weight is 375 g/mol. The number of carbonyl (C=O) groups is 2. The van der Waals surface area contributed by atoms with Crippen molar-refractivity contribution in [3.63, 3.8) is 0 Å². The molecule has 1 amide bonds. The Morgan fingerprint density at radius 3 is 2.96 bits per heavy atom. The highest BCUT2D eigenvalue weighted by atomic mass is 32.2. The molecular weight excluding hydrogens is 354 g/mol. The zero-order chi connectivity index (χ0) is 18.7. The summed E-state index contributed by atoms with van der Waals surface area (Å²) in [5.41, 5.74) is 1.45. The molecule has 3 rings (SSSR count). The lowest BCUT2D eigenvalue weighted by Crippen LogP contribution is -2.47. The molecular formula is C18H21N3O4S. The number of para-hydroxylation sites is 1. The van der Waals surface area contributed by atoms with Crippen molar-refractivity contribution in [1.29, 1.82) is 0 Å². The molecule has 1 fully saturated rings. The molecule has 0 spiro atoms. The van der Waals surface area contributed by atoms with Crippen LogP contribution in [0, 0.1) is 6.92 Å². The minimum Gasteiger partial charge on any atom is -0.481 e. The number of aryl methyl sites for hydroxylation is 2. The second-order valence-electron chi connectivity index (χ2n) is 6.38. The zero-order valence-corrected chi connectivity index (χ0v) is 15.4. The Bertz CT molecular complexity index is 896. The first-order chi connectivity index (χ1) is 12.5. The monoisotopic (exact) mass is 375 g/mol. The van der Waals surface area contributed by atoms with Gasteiger partial charge in [-0.2, -0.15) is 11.8 Å². The lowest BCUT2D eigenvalue weighted by Gasteiger charge is -2.34. The van der Waals surface area contributed by atoms with Gasteiger partial charge in [0.15, 0.2) is 0 Å². The summed E-state index contributed by atoms with van der Waals surface area (Å²) in [6.07, 6.45) is 1.58. The van der Waals surface area contributed by atoms with Gasteiger partial charge >= 0.3 is 5.97 Å². The summed E-state index contributed by atoms with van der Waals surface area (Å²) in [5, 5.41) is 9.57. The molecule has 0 bridgehead atoms. The molecule has 2 heterocycles. The van der Waals surface area contributed by atoms with Gasteiger partial charge in [0.2, 0.25) is 5.91 Å². The maximum absolute atomic E-state index is 12.6. The summed E-state index contributed by atoms with van der Waals surface area (Å²) >= 11 is 1.66. The average Bonchev–Trinajstić information content (AvgIpc) is 2.61. The van der Waals surface area contributed by atoms with E-state index in [0.29, 0.717) is 23.2 Å². The van der Waals surface area contributed by atoms with E-state index in [1.54, 1.807) is 22.7 Å². The Morgan fingerprint density at radius 2 is 2.19 bits per heavy atom. The molecule has 1 unspecified atom stereocenters. The number of carbonyl (C=O) groups excluding carboxylic acids is 1. The fourth-order valence-corrected chi connectivity index (χ4v) is 4.27. The molecule has 1 aliphatic heterocycles. The van der Waals surface area contributed by atoms with Crippen molar-refractivity contribution in [3.8, 4) is 0 Å². The number of hydrogen-bond acceptors (Lipinski definition) is 5. The lowest BCUT2D eigenvalue weighted by molar-refractivity contribution is -0.140. The highest BCUT2D eigenvalue weighted by Gasteiger charge is 2.28. The van der Waals surface area contributed by atoms with Crippen LogP contribution in [0.15, 0.2) is 29.3 Å². The van der Waals surface area contributed by atoms with Crippen molar-refractivity contribution < 1.29 is 14.7 Å². The first-order valence-electron chi connectivity index (χ1n) is 8.51. The third-order valence-electron chi connectivity index (χ3n) is 4.58. The van der Waals surface area contributed by atoms with Crippen molar-refractivity contribution in [3.05, 3.63) is 40.4 Å². The fourth-order valence-electron chi connectivity index (χ4n) is 3.21. The highest BCUT2D eigenvalue weighted by Crippen LogP contribution is 2.20. The third-order valence-corrected chi connectivity index (χ3v) is 5.67. The predicted octanol–water partition coefficient (Wildman–Crippen LogP) is 1.51. The smallest absolute Gasteiger partial charge is 0.305 e. The molecule has 2 aromatic rings. The van der Waals surface area contributed by atoms with E-state index in [-0.39, 0.29) is 36.9 Å². The first-order valence-corrected chi connectivity index (χ1v) is 9.66. The number of carboxylic acids is 1. The van der Waals surface area contributed by atoms with E-state index in [4.69, 9.17) is 5.11 Å². The quantitative estimate of drug-likeness (QED) is 0.852. The molecule has 0 radical (unpaired) electrons. The van der Waals surface area contributed by atoms with Gasteiger partial charge < -0.3 is 10.0 Å². The number of hydrogen-bond donors (Lipinski definition) is 1. The number of thioether (sulfide) groups is 1. The molecule has 1 N–H and O–H groups in total. The van der Waals surface area contributed by atoms with Crippen LogP contribution in [-0.2, 0) is 16.1 Å². The van der Waals surface area contributed by atoms with Crippen molar-refractivity contribution in [2.24, 2.45) is 0 Å². The van der Waals surface area contributed by atoms with Crippen molar-refractivity contribution in [2.75, 3.05) is 18.1 Å². The fraction of sp³-hybridized carbons (Fsp3) is 0.444. The lowest BCUT2D eigenvalue weighted by atomic mass is 10.1. The minimum absolute atomic E-state index is 0.0461. The number of fused-ring (bicyclic) bond motifs is 1. The molecule has 1 aliphatic rings. The van der Waals surface area contributed by atoms with E-state index in [0.717, 1.165) is 11.3 Å². The van der Waals surface area contributed by atoms with Crippen LogP contribution in [0.4, 0.5) is 0 Å². The molecule has 26 heavy (non-hydrogen) atoms. The van der Waals surface area contributed by atoms with Gasteiger partial charge in [-0.15, -0.1) is 0 Å². The van der Waals surface area contributed by atoms with Crippen LogP contribution < -0.4 is 5.56 Å². The standard InChI is InChI=1S/C18H21N3O4S/c1-12-3-2-4-14-17(12)19-11-20(18(14)25)6-5-15(22)21-7-8-26-10-13(21)9-16(23)24/h2-4,11,13H,5-10H2,1H3,(H,23,24). The number of amides is 1. The second kappa shape index (κ2) is 7.90. The number of rotatable bonds is 5. The Labute approximate surface area is 155 Å². The van der Waals surface area contributed by atoms with E-state index in [1.807, 2.05) is 19.1 Å². The maximum atomic E-state index is 12.6. The van der Waals surface area contributed by atoms with Crippen LogP contribution in [0.1, 0.15) is 18.4 Å². The summed E-state index contributed by atoms with van der Waals surface area (Å²) in [6, 6.07) is 5.17. The van der Waals surface area contributed by atoms with Gasteiger partial charge in [0.25, 0.3) is 5.56 Å². The molecule has 1 aromatic heterocycles. The van der Waals surface area contributed by atoms with E-state index in [1.165, 1.54) is 10.9 Å². The number of nitrogens with zero attached hydrogens (tertiary/aromatic N) is 3. The Morgan fingerprint density at radius 1 is 1.38 bits per heavy atom. The zero-order valence-electron chi connectivity index (χ0n) is 14.6. The van der Waals surface area contributed by atoms with Crippen LogP contribution in [0.3, 0.4) is 0 Å². The first kappa shape index (κ1) is 18.4. The van der Waals surface area contributed by atoms with E-state index >= 15 is 0 Å². The van der Waals surface area contributed by atoms with Crippen molar-refractivity contribution >= 4 is 34.5 Å². The molecule has 8 heteroatoms. The normalized spacial score (nSPS) is 17.4. The minimum atomic E-state index is -0.902.